The average molecular weight is 336 g/mol. The highest BCUT2D eigenvalue weighted by molar-refractivity contribution is 5.82. The number of hydrogen-bond donors (Lipinski definition) is 1. The molecule has 0 aliphatic carbocycles. The van der Waals surface area contributed by atoms with Crippen LogP contribution in [-0.2, 0) is 17.8 Å². The number of aliphatic hydroxyl groups is 1. The topological polar surface area (TPSA) is 71.2 Å². The molecular formula is C19H20N4O2. The molecule has 1 aromatic carbocycles. The Morgan fingerprint density at radius 1 is 1.16 bits per heavy atom. The van der Waals surface area contributed by atoms with Gasteiger partial charge in [0.05, 0.1) is 17.8 Å². The maximum atomic E-state index is 12.6. The third-order valence-corrected chi connectivity index (χ3v) is 4.84. The van der Waals surface area contributed by atoms with Crippen LogP contribution in [0, 0.1) is 5.92 Å². The van der Waals surface area contributed by atoms with Crippen molar-refractivity contribution in [1.82, 2.24) is 19.7 Å². The first-order chi connectivity index (χ1) is 12.2. The third kappa shape index (κ3) is 3.25. The van der Waals surface area contributed by atoms with E-state index in [0.717, 1.165) is 22.9 Å². The average Bonchev–Trinajstić information content (AvgIpc) is 3.20. The predicted molar refractivity (Wildman–Crippen MR) is 93.8 cm³/mol. The van der Waals surface area contributed by atoms with Crippen LogP contribution in [0.3, 0.4) is 0 Å². The molecule has 0 bridgehead atoms. The van der Waals surface area contributed by atoms with Crippen molar-refractivity contribution in [2.45, 2.75) is 19.1 Å². The van der Waals surface area contributed by atoms with Gasteiger partial charge in [-0.15, -0.1) is 0 Å². The number of hydrogen-bond acceptors (Lipinski definition) is 4. The first kappa shape index (κ1) is 15.8. The molecule has 0 spiro atoms. The van der Waals surface area contributed by atoms with E-state index in [-0.39, 0.29) is 18.4 Å². The molecule has 1 aliphatic rings. The zero-order valence-electron chi connectivity index (χ0n) is 13.8. The lowest BCUT2D eigenvalue weighted by molar-refractivity contribution is -0.131. The van der Waals surface area contributed by atoms with Gasteiger partial charge in [-0.3, -0.25) is 14.5 Å². The maximum Gasteiger partial charge on any atom is 0.244 e. The van der Waals surface area contributed by atoms with Crippen molar-refractivity contribution in [2.75, 3.05) is 13.1 Å². The molecule has 2 atom stereocenters. The summed E-state index contributed by atoms with van der Waals surface area (Å²) in [6.45, 7) is 1.15. The normalized spacial score (nSPS) is 20.3. The summed E-state index contributed by atoms with van der Waals surface area (Å²) in [5.74, 6) is 0.0471. The quantitative estimate of drug-likeness (QED) is 0.784. The van der Waals surface area contributed by atoms with Gasteiger partial charge in [-0.1, -0.05) is 18.2 Å². The second-order valence-corrected chi connectivity index (χ2v) is 6.55. The van der Waals surface area contributed by atoms with Gasteiger partial charge in [-0.2, -0.15) is 5.10 Å². The van der Waals surface area contributed by atoms with Crippen LogP contribution >= 0.6 is 0 Å². The molecule has 128 valence electrons. The van der Waals surface area contributed by atoms with Gasteiger partial charge in [-0.25, -0.2) is 0 Å². The van der Waals surface area contributed by atoms with E-state index in [2.05, 4.69) is 10.1 Å². The van der Waals surface area contributed by atoms with E-state index in [1.807, 2.05) is 36.4 Å². The van der Waals surface area contributed by atoms with Gasteiger partial charge in [0.15, 0.2) is 0 Å². The van der Waals surface area contributed by atoms with Crippen molar-refractivity contribution in [3.8, 4) is 0 Å². The number of likely N-dealkylation sites (tertiary alicyclic amines) is 1. The fraction of sp³-hybridized carbons (Fsp3) is 0.316. The van der Waals surface area contributed by atoms with E-state index in [9.17, 15) is 9.90 Å². The summed E-state index contributed by atoms with van der Waals surface area (Å²) < 4.78 is 1.72. The number of aliphatic hydroxyl groups excluding tert-OH is 1. The van der Waals surface area contributed by atoms with E-state index in [0.29, 0.717) is 13.1 Å². The molecule has 1 amide bonds. The summed E-state index contributed by atoms with van der Waals surface area (Å²) in [4.78, 5) is 18.4. The minimum atomic E-state index is -0.494. The number of rotatable bonds is 4. The summed E-state index contributed by atoms with van der Waals surface area (Å²) in [6, 6.07) is 11.7. The second-order valence-electron chi connectivity index (χ2n) is 6.55. The van der Waals surface area contributed by atoms with Gasteiger partial charge >= 0.3 is 0 Å². The molecule has 25 heavy (non-hydrogen) atoms. The fourth-order valence-electron chi connectivity index (χ4n) is 3.46. The molecule has 6 heteroatoms. The molecule has 3 heterocycles. The Morgan fingerprint density at radius 3 is 2.80 bits per heavy atom. The summed E-state index contributed by atoms with van der Waals surface area (Å²) in [5, 5.41) is 15.7. The first-order valence-corrected chi connectivity index (χ1v) is 8.46. The number of carbonyl (C=O) groups is 1. The number of nitrogens with zero attached hydrogens (tertiary/aromatic N) is 4. The smallest absolute Gasteiger partial charge is 0.244 e. The lowest BCUT2D eigenvalue weighted by Gasteiger charge is -2.16. The van der Waals surface area contributed by atoms with Crippen LogP contribution in [0.25, 0.3) is 10.9 Å². The Hall–Kier alpha value is -2.73. The minimum Gasteiger partial charge on any atom is -0.391 e. The molecule has 3 aromatic rings. The van der Waals surface area contributed by atoms with Crippen molar-refractivity contribution in [3.63, 3.8) is 0 Å². The second kappa shape index (κ2) is 6.64. The molecule has 2 aromatic heterocycles. The summed E-state index contributed by atoms with van der Waals surface area (Å²) in [5.41, 5.74) is 2.08. The number of aromatic nitrogens is 3. The van der Waals surface area contributed by atoms with Gasteiger partial charge in [0.25, 0.3) is 0 Å². The molecule has 4 rings (SSSR count). The summed E-state index contributed by atoms with van der Waals surface area (Å²) in [6.07, 6.45) is 5.53. The van der Waals surface area contributed by atoms with Crippen LogP contribution in [0.5, 0.6) is 0 Å². The van der Waals surface area contributed by atoms with Gasteiger partial charge in [-0.05, 0) is 30.2 Å². The van der Waals surface area contributed by atoms with Crippen LogP contribution in [0.1, 0.15) is 5.56 Å². The van der Waals surface area contributed by atoms with E-state index in [4.69, 9.17) is 0 Å². The Morgan fingerprint density at radius 2 is 1.96 bits per heavy atom. The van der Waals surface area contributed by atoms with Crippen molar-refractivity contribution >= 4 is 16.8 Å². The maximum absolute atomic E-state index is 12.6. The SMILES string of the molecule is O=C(Cn1ncc2ccccc21)N1C[C@@H](Cc2ccncc2)[C@@H](O)C1. The Labute approximate surface area is 145 Å². The first-order valence-electron chi connectivity index (χ1n) is 8.46. The molecule has 0 unspecified atom stereocenters. The van der Waals surface area contributed by atoms with Gasteiger partial charge < -0.3 is 10.0 Å². The highest BCUT2D eigenvalue weighted by Gasteiger charge is 2.34. The van der Waals surface area contributed by atoms with Crippen molar-refractivity contribution in [3.05, 3.63) is 60.6 Å². The Kier molecular flexibility index (Phi) is 4.19. The van der Waals surface area contributed by atoms with E-state index in [1.165, 1.54) is 0 Å². The number of benzene rings is 1. The van der Waals surface area contributed by atoms with E-state index < -0.39 is 6.10 Å². The number of carbonyl (C=O) groups excluding carboxylic acids is 1. The van der Waals surface area contributed by atoms with Crippen LogP contribution < -0.4 is 0 Å². The van der Waals surface area contributed by atoms with Gasteiger partial charge in [0.2, 0.25) is 5.91 Å². The van der Waals surface area contributed by atoms with E-state index in [1.54, 1.807) is 28.2 Å². The monoisotopic (exact) mass is 336 g/mol. The lowest BCUT2D eigenvalue weighted by atomic mass is 9.97. The lowest BCUT2D eigenvalue weighted by Crippen LogP contribution is -2.33. The van der Waals surface area contributed by atoms with E-state index >= 15 is 0 Å². The van der Waals surface area contributed by atoms with Crippen LogP contribution in [0.15, 0.2) is 55.0 Å². The predicted octanol–water partition coefficient (Wildman–Crippen LogP) is 1.49. The highest BCUT2D eigenvalue weighted by Crippen LogP contribution is 2.22. The number of para-hydroxylation sites is 1. The third-order valence-electron chi connectivity index (χ3n) is 4.84. The molecule has 1 saturated heterocycles. The molecule has 1 N–H and O–H groups in total. The number of amides is 1. The summed E-state index contributed by atoms with van der Waals surface area (Å²) >= 11 is 0. The zero-order valence-corrected chi connectivity index (χ0v) is 13.8. The van der Waals surface area contributed by atoms with Crippen molar-refractivity contribution in [2.24, 2.45) is 5.92 Å². The highest BCUT2D eigenvalue weighted by atomic mass is 16.3. The zero-order chi connectivity index (χ0) is 17.2. The van der Waals surface area contributed by atoms with Gasteiger partial charge in [0.1, 0.15) is 6.54 Å². The molecule has 0 saturated carbocycles. The van der Waals surface area contributed by atoms with Crippen molar-refractivity contribution < 1.29 is 9.90 Å². The number of fused-ring (bicyclic) bond motifs is 1. The van der Waals surface area contributed by atoms with Crippen LogP contribution in [0.2, 0.25) is 0 Å². The molecular weight excluding hydrogens is 316 g/mol. The molecule has 0 radical (unpaired) electrons. The Bertz CT molecular complexity index is 877. The molecule has 1 aliphatic heterocycles. The number of β-amino-alcohol motifs (C(OH)–C–C–N with tert-alkyl or cyclic N) is 1. The van der Waals surface area contributed by atoms with Crippen molar-refractivity contribution in [1.29, 1.82) is 0 Å². The standard InChI is InChI=1S/C19H20N4O2/c24-18-12-22(11-16(18)9-14-5-7-20-8-6-14)19(25)13-23-17-4-2-1-3-15(17)10-21-23/h1-8,10,16,18,24H,9,11-13H2/t16-,18+/m1/s1. The molecule has 1 fully saturated rings. The largest absolute Gasteiger partial charge is 0.391 e. The summed E-state index contributed by atoms with van der Waals surface area (Å²) in [7, 11) is 0. The molecule has 6 nitrogen and oxygen atoms in total. The Balaban J connectivity index is 1.43. The van der Waals surface area contributed by atoms with Crippen LogP contribution in [0.4, 0.5) is 0 Å². The minimum absolute atomic E-state index is 0.00914. The fourth-order valence-corrected chi connectivity index (χ4v) is 3.46. The van der Waals surface area contributed by atoms with Gasteiger partial charge in [0, 0.05) is 36.8 Å². The van der Waals surface area contributed by atoms with Crippen LogP contribution in [-0.4, -0.2) is 49.9 Å². The number of pyridine rings is 1.